The van der Waals surface area contributed by atoms with Crippen LogP contribution in [0.3, 0.4) is 0 Å². The summed E-state index contributed by atoms with van der Waals surface area (Å²) in [5.74, 6) is 0.451. The summed E-state index contributed by atoms with van der Waals surface area (Å²) in [6.07, 6.45) is 2.34. The summed E-state index contributed by atoms with van der Waals surface area (Å²) >= 11 is 9.85. The van der Waals surface area contributed by atoms with Gasteiger partial charge in [-0.1, -0.05) is 27.5 Å². The average Bonchev–Trinajstić information content (AvgIpc) is 2.47. The van der Waals surface area contributed by atoms with Crippen LogP contribution >= 0.6 is 27.5 Å². The third-order valence-corrected chi connectivity index (χ3v) is 4.44. The average molecular weight is 363 g/mol. The first-order valence-electron chi connectivity index (χ1n) is 6.98. The molecule has 2 atom stereocenters. The van der Waals surface area contributed by atoms with Gasteiger partial charge in [0.05, 0.1) is 12.7 Å². The molecule has 0 amide bonds. The highest BCUT2D eigenvalue weighted by atomic mass is 79.9. The third kappa shape index (κ3) is 4.43. The minimum Gasteiger partial charge on any atom is -0.383 e. The van der Waals surface area contributed by atoms with Crippen LogP contribution in [-0.2, 0) is 9.47 Å². The standard InChI is InChI=1S/C15H21BrClNO2/c1-19-8-6-18-10-11-3-2-7-20-15(11)13-9-12(16)4-5-14(13)17/h4-5,9,11,15,18H,2-3,6-8,10H2,1H3. The van der Waals surface area contributed by atoms with Gasteiger partial charge in [0.15, 0.2) is 0 Å². The first kappa shape index (κ1) is 16.2. The molecule has 2 rings (SSSR count). The molecule has 0 saturated carbocycles. The summed E-state index contributed by atoms with van der Waals surface area (Å²) in [6.45, 7) is 3.33. The van der Waals surface area contributed by atoms with Gasteiger partial charge in [-0.2, -0.15) is 0 Å². The van der Waals surface area contributed by atoms with Crippen LogP contribution in [0.2, 0.25) is 5.02 Å². The molecule has 0 aromatic heterocycles. The lowest BCUT2D eigenvalue weighted by Gasteiger charge is -2.33. The van der Waals surface area contributed by atoms with Crippen LogP contribution < -0.4 is 5.32 Å². The van der Waals surface area contributed by atoms with E-state index in [1.807, 2.05) is 12.1 Å². The number of ether oxygens (including phenoxy) is 2. The Balaban J connectivity index is 2.04. The zero-order chi connectivity index (χ0) is 14.4. The topological polar surface area (TPSA) is 30.5 Å². The molecule has 0 aliphatic carbocycles. The maximum Gasteiger partial charge on any atom is 0.0879 e. The Morgan fingerprint density at radius 1 is 1.50 bits per heavy atom. The highest BCUT2D eigenvalue weighted by Gasteiger charge is 2.28. The third-order valence-electron chi connectivity index (χ3n) is 3.60. The molecule has 1 heterocycles. The van der Waals surface area contributed by atoms with Gasteiger partial charge in [-0.05, 0) is 31.0 Å². The number of benzene rings is 1. The number of rotatable bonds is 6. The van der Waals surface area contributed by atoms with Crippen LogP contribution in [0, 0.1) is 5.92 Å². The Kier molecular flexibility index (Phi) is 6.78. The molecule has 3 nitrogen and oxygen atoms in total. The van der Waals surface area contributed by atoms with Crippen molar-refractivity contribution in [2.45, 2.75) is 18.9 Å². The molecule has 5 heteroatoms. The Morgan fingerprint density at radius 3 is 3.15 bits per heavy atom. The van der Waals surface area contributed by atoms with Crippen molar-refractivity contribution < 1.29 is 9.47 Å². The number of hydrogen-bond donors (Lipinski definition) is 1. The summed E-state index contributed by atoms with van der Waals surface area (Å²) in [7, 11) is 1.72. The molecule has 0 bridgehead atoms. The fraction of sp³-hybridized carbons (Fsp3) is 0.600. The summed E-state index contributed by atoms with van der Waals surface area (Å²) in [6, 6.07) is 5.95. The summed E-state index contributed by atoms with van der Waals surface area (Å²) in [5, 5.41) is 4.21. The Morgan fingerprint density at radius 2 is 2.35 bits per heavy atom. The van der Waals surface area contributed by atoms with Crippen LogP contribution in [-0.4, -0.2) is 33.4 Å². The maximum atomic E-state index is 6.34. The molecular weight excluding hydrogens is 342 g/mol. The fourth-order valence-electron chi connectivity index (χ4n) is 2.59. The van der Waals surface area contributed by atoms with Crippen LogP contribution in [0.15, 0.2) is 22.7 Å². The van der Waals surface area contributed by atoms with E-state index in [1.165, 1.54) is 0 Å². The van der Waals surface area contributed by atoms with Gasteiger partial charge in [0.25, 0.3) is 0 Å². The second-order valence-electron chi connectivity index (χ2n) is 5.06. The second-order valence-corrected chi connectivity index (χ2v) is 6.38. The van der Waals surface area contributed by atoms with E-state index in [-0.39, 0.29) is 6.10 Å². The Hall–Kier alpha value is -0.130. The van der Waals surface area contributed by atoms with Crippen molar-refractivity contribution in [2.24, 2.45) is 5.92 Å². The van der Waals surface area contributed by atoms with E-state index < -0.39 is 0 Å². The van der Waals surface area contributed by atoms with Crippen molar-refractivity contribution in [1.29, 1.82) is 0 Å². The molecule has 20 heavy (non-hydrogen) atoms. The van der Waals surface area contributed by atoms with E-state index >= 15 is 0 Å². The van der Waals surface area contributed by atoms with Crippen molar-refractivity contribution in [3.8, 4) is 0 Å². The zero-order valence-corrected chi connectivity index (χ0v) is 14.0. The van der Waals surface area contributed by atoms with E-state index in [2.05, 4.69) is 27.3 Å². The van der Waals surface area contributed by atoms with Crippen LogP contribution in [0.25, 0.3) is 0 Å². The predicted octanol–water partition coefficient (Wildman–Crippen LogP) is 3.81. The minimum absolute atomic E-state index is 0.0730. The second kappa shape index (κ2) is 8.35. The van der Waals surface area contributed by atoms with Gasteiger partial charge in [0.2, 0.25) is 0 Å². The normalized spacial score (nSPS) is 22.9. The minimum atomic E-state index is 0.0730. The molecule has 1 fully saturated rings. The molecular formula is C15H21BrClNO2. The molecule has 1 aromatic rings. The quantitative estimate of drug-likeness (QED) is 0.781. The fourth-order valence-corrected chi connectivity index (χ4v) is 3.19. The first-order valence-corrected chi connectivity index (χ1v) is 8.15. The van der Waals surface area contributed by atoms with Crippen molar-refractivity contribution in [1.82, 2.24) is 5.32 Å². The Labute approximate surface area is 134 Å². The predicted molar refractivity (Wildman–Crippen MR) is 85.3 cm³/mol. The highest BCUT2D eigenvalue weighted by molar-refractivity contribution is 9.10. The lowest BCUT2D eigenvalue weighted by molar-refractivity contribution is -0.0279. The number of hydrogen-bond acceptors (Lipinski definition) is 3. The summed E-state index contributed by atoms with van der Waals surface area (Å²) in [5.41, 5.74) is 1.08. The van der Waals surface area contributed by atoms with Crippen molar-refractivity contribution >= 4 is 27.5 Å². The zero-order valence-electron chi connectivity index (χ0n) is 11.7. The molecule has 1 saturated heterocycles. The largest absolute Gasteiger partial charge is 0.383 e. The Bertz CT molecular complexity index is 430. The van der Waals surface area contributed by atoms with Gasteiger partial charge >= 0.3 is 0 Å². The number of halogens is 2. The van der Waals surface area contributed by atoms with Crippen LogP contribution in [0.4, 0.5) is 0 Å². The monoisotopic (exact) mass is 361 g/mol. The lowest BCUT2D eigenvalue weighted by Crippen LogP contribution is -2.33. The molecule has 0 radical (unpaired) electrons. The van der Waals surface area contributed by atoms with Gasteiger partial charge in [-0.15, -0.1) is 0 Å². The maximum absolute atomic E-state index is 6.34. The molecule has 2 unspecified atom stereocenters. The molecule has 1 aromatic carbocycles. The summed E-state index contributed by atoms with van der Waals surface area (Å²) in [4.78, 5) is 0. The van der Waals surface area contributed by atoms with Gasteiger partial charge in [-0.25, -0.2) is 0 Å². The van der Waals surface area contributed by atoms with Crippen molar-refractivity contribution in [2.75, 3.05) is 33.4 Å². The van der Waals surface area contributed by atoms with E-state index in [9.17, 15) is 0 Å². The van der Waals surface area contributed by atoms with E-state index in [1.54, 1.807) is 7.11 Å². The molecule has 0 spiro atoms. The number of nitrogens with one attached hydrogen (secondary N) is 1. The van der Waals surface area contributed by atoms with Gasteiger partial charge in [0.1, 0.15) is 0 Å². The van der Waals surface area contributed by atoms with Gasteiger partial charge < -0.3 is 14.8 Å². The smallest absolute Gasteiger partial charge is 0.0879 e. The van der Waals surface area contributed by atoms with Crippen molar-refractivity contribution in [3.05, 3.63) is 33.3 Å². The molecule has 1 aliphatic heterocycles. The number of methoxy groups -OCH3 is 1. The molecule has 112 valence electrons. The van der Waals surface area contributed by atoms with E-state index in [4.69, 9.17) is 21.1 Å². The van der Waals surface area contributed by atoms with Gasteiger partial charge in [-0.3, -0.25) is 0 Å². The first-order chi connectivity index (χ1) is 9.72. The summed E-state index contributed by atoms with van der Waals surface area (Å²) < 4.78 is 12.1. The lowest BCUT2D eigenvalue weighted by atomic mass is 9.89. The highest BCUT2D eigenvalue weighted by Crippen LogP contribution is 2.37. The molecule has 1 N–H and O–H groups in total. The van der Waals surface area contributed by atoms with E-state index in [0.29, 0.717) is 5.92 Å². The molecule has 1 aliphatic rings. The van der Waals surface area contributed by atoms with Gasteiger partial charge in [0, 0.05) is 47.8 Å². The van der Waals surface area contributed by atoms with Crippen molar-refractivity contribution in [3.63, 3.8) is 0 Å². The van der Waals surface area contributed by atoms with Crippen LogP contribution in [0.1, 0.15) is 24.5 Å². The SMILES string of the molecule is COCCNCC1CCCOC1c1cc(Br)ccc1Cl. The van der Waals surface area contributed by atoms with Crippen LogP contribution in [0.5, 0.6) is 0 Å². The van der Waals surface area contributed by atoms with E-state index in [0.717, 1.165) is 54.2 Å².